The Labute approximate surface area is 174 Å². The number of methoxy groups -OCH3 is 1. The summed E-state index contributed by atoms with van der Waals surface area (Å²) >= 11 is 12.1. The Balaban J connectivity index is 2.01. The van der Waals surface area contributed by atoms with Gasteiger partial charge in [-0.05, 0) is 43.8 Å². The molecule has 0 fully saturated rings. The topological polar surface area (TPSA) is 70.7 Å². The van der Waals surface area contributed by atoms with Gasteiger partial charge in [-0.3, -0.25) is 14.5 Å². The second-order valence-electron chi connectivity index (χ2n) is 6.10. The first-order valence-electron chi connectivity index (χ1n) is 8.78. The first-order valence-corrected chi connectivity index (χ1v) is 9.54. The molecule has 0 spiro atoms. The molecule has 0 aliphatic carbocycles. The summed E-state index contributed by atoms with van der Waals surface area (Å²) in [6.07, 6.45) is 0. The van der Waals surface area contributed by atoms with Crippen LogP contribution in [0.15, 0.2) is 42.5 Å². The van der Waals surface area contributed by atoms with E-state index < -0.39 is 6.04 Å². The van der Waals surface area contributed by atoms with Crippen molar-refractivity contribution in [1.82, 2.24) is 4.90 Å². The van der Waals surface area contributed by atoms with Crippen molar-refractivity contribution in [3.63, 3.8) is 0 Å². The standard InChI is InChI=1S/C20H23Cl2N3O3/c1-4-25(12-19(26)23-16-7-5-6-8-18(16)28-3)13(2)20(27)24-17-11-14(21)9-10-15(17)22/h5-11,13H,4,12H2,1-3H3,(H,23,26)(H,24,27). The third kappa shape index (κ3) is 5.86. The Kier molecular flexibility index (Phi) is 8.11. The van der Waals surface area contributed by atoms with Gasteiger partial charge < -0.3 is 15.4 Å². The number of ether oxygens (including phenoxy) is 1. The summed E-state index contributed by atoms with van der Waals surface area (Å²) in [6.45, 7) is 4.17. The number of carbonyl (C=O) groups excluding carboxylic acids is 2. The summed E-state index contributed by atoms with van der Waals surface area (Å²) < 4.78 is 5.23. The minimum atomic E-state index is -0.552. The Morgan fingerprint density at radius 3 is 2.50 bits per heavy atom. The van der Waals surface area contributed by atoms with Gasteiger partial charge in [-0.1, -0.05) is 42.3 Å². The average Bonchev–Trinajstić information content (AvgIpc) is 2.68. The second kappa shape index (κ2) is 10.3. The second-order valence-corrected chi connectivity index (χ2v) is 6.94. The maximum Gasteiger partial charge on any atom is 0.241 e. The van der Waals surface area contributed by atoms with Gasteiger partial charge in [0.05, 0.1) is 36.1 Å². The highest BCUT2D eigenvalue weighted by atomic mass is 35.5. The highest BCUT2D eigenvalue weighted by Gasteiger charge is 2.23. The molecule has 2 aromatic carbocycles. The van der Waals surface area contributed by atoms with Gasteiger partial charge in [-0.2, -0.15) is 0 Å². The van der Waals surface area contributed by atoms with Crippen molar-refractivity contribution < 1.29 is 14.3 Å². The van der Waals surface area contributed by atoms with E-state index in [0.29, 0.717) is 33.7 Å². The molecule has 0 bridgehead atoms. The molecule has 6 nitrogen and oxygen atoms in total. The summed E-state index contributed by atoms with van der Waals surface area (Å²) in [4.78, 5) is 26.8. The van der Waals surface area contributed by atoms with E-state index in [9.17, 15) is 9.59 Å². The molecule has 150 valence electrons. The number of nitrogens with zero attached hydrogens (tertiary/aromatic N) is 1. The fourth-order valence-electron chi connectivity index (χ4n) is 2.64. The molecule has 2 amide bonds. The summed E-state index contributed by atoms with van der Waals surface area (Å²) in [5, 5.41) is 6.43. The SMILES string of the molecule is CCN(CC(=O)Nc1ccccc1OC)C(C)C(=O)Nc1cc(Cl)ccc1Cl. The maximum absolute atomic E-state index is 12.6. The van der Waals surface area contributed by atoms with Crippen LogP contribution in [0, 0.1) is 0 Å². The molecule has 28 heavy (non-hydrogen) atoms. The third-order valence-corrected chi connectivity index (χ3v) is 4.81. The number of benzene rings is 2. The van der Waals surface area contributed by atoms with Gasteiger partial charge in [0.15, 0.2) is 0 Å². The third-order valence-electron chi connectivity index (χ3n) is 4.25. The molecule has 8 heteroatoms. The van der Waals surface area contributed by atoms with Gasteiger partial charge >= 0.3 is 0 Å². The Hall–Kier alpha value is -2.28. The fraction of sp³-hybridized carbons (Fsp3) is 0.300. The number of halogens is 2. The van der Waals surface area contributed by atoms with Crippen LogP contribution in [0.2, 0.25) is 10.0 Å². The van der Waals surface area contributed by atoms with Crippen molar-refractivity contribution in [2.45, 2.75) is 19.9 Å². The minimum Gasteiger partial charge on any atom is -0.495 e. The molecular formula is C20H23Cl2N3O3. The predicted molar refractivity (Wildman–Crippen MR) is 113 cm³/mol. The van der Waals surface area contributed by atoms with Gasteiger partial charge in [0.25, 0.3) is 0 Å². The van der Waals surface area contributed by atoms with E-state index in [0.717, 1.165) is 0 Å². The first-order chi connectivity index (χ1) is 13.3. The first kappa shape index (κ1) is 22.0. The minimum absolute atomic E-state index is 0.0480. The summed E-state index contributed by atoms with van der Waals surface area (Å²) in [5.74, 6) is 0.0446. The average molecular weight is 424 g/mol. The van der Waals surface area contributed by atoms with Crippen LogP contribution in [-0.2, 0) is 9.59 Å². The van der Waals surface area contributed by atoms with Crippen LogP contribution in [-0.4, -0.2) is 43.0 Å². The summed E-state index contributed by atoms with van der Waals surface area (Å²) in [7, 11) is 1.54. The zero-order valence-electron chi connectivity index (χ0n) is 16.0. The number of nitrogens with one attached hydrogen (secondary N) is 2. The van der Waals surface area contributed by atoms with E-state index >= 15 is 0 Å². The van der Waals surface area contributed by atoms with Gasteiger partial charge in [0.2, 0.25) is 11.8 Å². The van der Waals surface area contributed by atoms with Gasteiger partial charge in [-0.25, -0.2) is 0 Å². The number of rotatable bonds is 8. The molecule has 0 saturated carbocycles. The molecule has 0 aliphatic rings. The maximum atomic E-state index is 12.6. The van der Waals surface area contributed by atoms with Gasteiger partial charge in [-0.15, -0.1) is 0 Å². The lowest BCUT2D eigenvalue weighted by Gasteiger charge is -2.26. The Morgan fingerprint density at radius 2 is 1.82 bits per heavy atom. The number of hydrogen-bond acceptors (Lipinski definition) is 4. The molecule has 2 rings (SSSR count). The van der Waals surface area contributed by atoms with Crippen molar-refractivity contribution in [1.29, 1.82) is 0 Å². The van der Waals surface area contributed by atoms with Crippen LogP contribution in [0.4, 0.5) is 11.4 Å². The van der Waals surface area contributed by atoms with Crippen LogP contribution in [0.1, 0.15) is 13.8 Å². The largest absolute Gasteiger partial charge is 0.495 e. The van der Waals surface area contributed by atoms with E-state index in [4.69, 9.17) is 27.9 Å². The molecule has 0 aliphatic heterocycles. The summed E-state index contributed by atoms with van der Waals surface area (Å²) in [5.41, 5.74) is 1.01. The molecular weight excluding hydrogens is 401 g/mol. The molecule has 2 aromatic rings. The molecule has 0 radical (unpaired) electrons. The van der Waals surface area contributed by atoms with Crippen LogP contribution in [0.5, 0.6) is 5.75 Å². The molecule has 0 saturated heterocycles. The Bertz CT molecular complexity index is 845. The van der Waals surface area contributed by atoms with Gasteiger partial charge in [0, 0.05) is 5.02 Å². The quantitative estimate of drug-likeness (QED) is 0.664. The van der Waals surface area contributed by atoms with Gasteiger partial charge in [0.1, 0.15) is 5.75 Å². The van der Waals surface area contributed by atoms with Crippen LogP contribution in [0.3, 0.4) is 0 Å². The van der Waals surface area contributed by atoms with Crippen molar-refractivity contribution in [3.05, 3.63) is 52.5 Å². The monoisotopic (exact) mass is 423 g/mol. The normalized spacial score (nSPS) is 11.8. The number of carbonyl (C=O) groups is 2. The van der Waals surface area contributed by atoms with E-state index in [-0.39, 0.29) is 18.4 Å². The highest BCUT2D eigenvalue weighted by molar-refractivity contribution is 6.35. The van der Waals surface area contributed by atoms with Crippen LogP contribution < -0.4 is 15.4 Å². The smallest absolute Gasteiger partial charge is 0.241 e. The van der Waals surface area contributed by atoms with E-state index in [1.165, 1.54) is 7.11 Å². The molecule has 1 unspecified atom stereocenters. The zero-order chi connectivity index (χ0) is 20.7. The molecule has 0 heterocycles. The number of likely N-dealkylation sites (N-methyl/N-ethyl adjacent to an activating group) is 1. The van der Waals surface area contributed by atoms with Crippen LogP contribution >= 0.6 is 23.2 Å². The number of para-hydroxylation sites is 2. The number of hydrogen-bond donors (Lipinski definition) is 2. The highest BCUT2D eigenvalue weighted by Crippen LogP contribution is 2.26. The van der Waals surface area contributed by atoms with E-state index in [1.54, 1.807) is 48.2 Å². The van der Waals surface area contributed by atoms with E-state index in [1.807, 2.05) is 13.0 Å². The number of anilines is 2. The van der Waals surface area contributed by atoms with Crippen molar-refractivity contribution in [2.75, 3.05) is 30.8 Å². The summed E-state index contributed by atoms with van der Waals surface area (Å²) in [6, 6.07) is 11.4. The lowest BCUT2D eigenvalue weighted by atomic mass is 10.2. The molecule has 1 atom stereocenters. The fourth-order valence-corrected chi connectivity index (χ4v) is 2.98. The van der Waals surface area contributed by atoms with Crippen molar-refractivity contribution in [2.24, 2.45) is 0 Å². The van der Waals surface area contributed by atoms with Crippen molar-refractivity contribution in [3.8, 4) is 5.75 Å². The van der Waals surface area contributed by atoms with E-state index in [2.05, 4.69) is 10.6 Å². The van der Waals surface area contributed by atoms with Crippen molar-refractivity contribution >= 4 is 46.4 Å². The lowest BCUT2D eigenvalue weighted by molar-refractivity contribution is -0.123. The zero-order valence-corrected chi connectivity index (χ0v) is 17.5. The van der Waals surface area contributed by atoms with Crippen LogP contribution in [0.25, 0.3) is 0 Å². The predicted octanol–water partition coefficient (Wildman–Crippen LogP) is 4.29. The Morgan fingerprint density at radius 1 is 1.11 bits per heavy atom. The molecule has 2 N–H and O–H groups in total. The lowest BCUT2D eigenvalue weighted by Crippen LogP contribution is -2.45. The molecule has 0 aromatic heterocycles. The number of amides is 2.